The molecule has 0 saturated carbocycles. The molecule has 0 aromatic carbocycles. The first-order valence-corrected chi connectivity index (χ1v) is 6.11. The molecule has 1 fully saturated rings. The number of pyridine rings is 1. The van der Waals surface area contributed by atoms with Gasteiger partial charge in [0.1, 0.15) is 5.69 Å². The third-order valence-corrected chi connectivity index (χ3v) is 3.26. The molecule has 5 nitrogen and oxygen atoms in total. The van der Waals surface area contributed by atoms with Crippen molar-refractivity contribution in [2.24, 2.45) is 7.05 Å². The summed E-state index contributed by atoms with van der Waals surface area (Å²) in [5.74, 6) is -0.0789. The Kier molecular flexibility index (Phi) is 3.26. The molecule has 0 bridgehead atoms. The van der Waals surface area contributed by atoms with Gasteiger partial charge >= 0.3 is 0 Å². The van der Waals surface area contributed by atoms with Crippen LogP contribution in [0.5, 0.6) is 0 Å². The molecule has 98 valence electrons. The molecule has 1 N–H and O–H groups in total. The Morgan fingerprint density at radius 1 is 1.39 bits per heavy atom. The zero-order chi connectivity index (χ0) is 13.3. The van der Waals surface area contributed by atoms with Gasteiger partial charge in [-0.2, -0.15) is 0 Å². The highest BCUT2D eigenvalue weighted by molar-refractivity contribution is 5.92. The lowest BCUT2D eigenvalue weighted by molar-refractivity contribution is 0.0641. The predicted molar refractivity (Wildman–Crippen MR) is 69.7 cm³/mol. The zero-order valence-electron chi connectivity index (χ0n) is 11.1. The Morgan fingerprint density at radius 3 is 2.78 bits per heavy atom. The third kappa shape index (κ3) is 2.46. The van der Waals surface area contributed by atoms with Crippen LogP contribution in [0.4, 0.5) is 0 Å². The molecular weight excluding hydrogens is 230 g/mol. The van der Waals surface area contributed by atoms with Crippen molar-refractivity contribution in [2.75, 3.05) is 19.6 Å². The van der Waals surface area contributed by atoms with Crippen LogP contribution < -0.4 is 10.9 Å². The van der Waals surface area contributed by atoms with E-state index in [4.69, 9.17) is 0 Å². The second kappa shape index (κ2) is 4.57. The summed E-state index contributed by atoms with van der Waals surface area (Å²) < 4.78 is 1.40. The average molecular weight is 249 g/mol. The van der Waals surface area contributed by atoms with Crippen LogP contribution >= 0.6 is 0 Å². The molecule has 5 heteroatoms. The van der Waals surface area contributed by atoms with Crippen molar-refractivity contribution < 1.29 is 4.79 Å². The smallest absolute Gasteiger partial charge is 0.270 e. The molecule has 1 amide bonds. The van der Waals surface area contributed by atoms with Gasteiger partial charge in [-0.15, -0.1) is 0 Å². The van der Waals surface area contributed by atoms with Gasteiger partial charge < -0.3 is 14.8 Å². The molecule has 2 rings (SSSR count). The Balaban J connectivity index is 2.26. The number of aromatic nitrogens is 1. The number of amides is 1. The molecule has 0 spiro atoms. The molecule has 1 aromatic heterocycles. The lowest BCUT2D eigenvalue weighted by atomic mass is 10.0. The second-order valence-corrected chi connectivity index (χ2v) is 5.35. The van der Waals surface area contributed by atoms with E-state index in [1.807, 2.05) is 0 Å². The highest BCUT2D eigenvalue weighted by Crippen LogP contribution is 2.12. The molecule has 0 atom stereocenters. The van der Waals surface area contributed by atoms with E-state index in [9.17, 15) is 9.59 Å². The van der Waals surface area contributed by atoms with Crippen molar-refractivity contribution in [3.8, 4) is 0 Å². The second-order valence-electron chi connectivity index (χ2n) is 5.35. The van der Waals surface area contributed by atoms with Gasteiger partial charge in [-0.1, -0.05) is 6.07 Å². The number of nitrogens with one attached hydrogen (secondary N) is 1. The Morgan fingerprint density at radius 2 is 2.11 bits per heavy atom. The summed E-state index contributed by atoms with van der Waals surface area (Å²) in [5, 5.41) is 3.36. The Hall–Kier alpha value is -1.62. The number of hydrogen-bond acceptors (Lipinski definition) is 3. The van der Waals surface area contributed by atoms with Crippen LogP contribution in [-0.4, -0.2) is 40.5 Å². The monoisotopic (exact) mass is 249 g/mol. The minimum Gasteiger partial charge on any atom is -0.334 e. The quantitative estimate of drug-likeness (QED) is 0.774. The number of carbonyl (C=O) groups is 1. The standard InChI is InChI=1S/C13H19N3O2/c1-13(2)9-16(8-7-14-13)12(18)10-5-4-6-11(17)15(10)3/h4-6,14H,7-9H2,1-3H3. The fraction of sp³-hybridized carbons (Fsp3) is 0.538. The molecule has 1 aromatic rings. The number of rotatable bonds is 1. The van der Waals surface area contributed by atoms with Crippen LogP contribution in [0.3, 0.4) is 0 Å². The summed E-state index contributed by atoms with van der Waals surface area (Å²) in [5.41, 5.74) is 0.206. The number of hydrogen-bond donors (Lipinski definition) is 1. The van der Waals surface area contributed by atoms with E-state index < -0.39 is 0 Å². The van der Waals surface area contributed by atoms with Crippen LogP contribution in [0, 0.1) is 0 Å². The predicted octanol–water partition coefficient (Wildman–Crippen LogP) is 0.209. The minimum atomic E-state index is -0.157. The van der Waals surface area contributed by atoms with E-state index in [-0.39, 0.29) is 17.0 Å². The maximum Gasteiger partial charge on any atom is 0.270 e. The molecule has 1 saturated heterocycles. The fourth-order valence-corrected chi connectivity index (χ4v) is 2.26. The summed E-state index contributed by atoms with van der Waals surface area (Å²) in [7, 11) is 1.63. The van der Waals surface area contributed by atoms with Gasteiger partial charge in [-0.25, -0.2) is 0 Å². The van der Waals surface area contributed by atoms with Gasteiger partial charge in [-0.05, 0) is 19.9 Å². The fourth-order valence-electron chi connectivity index (χ4n) is 2.26. The lowest BCUT2D eigenvalue weighted by Crippen LogP contribution is -2.58. The van der Waals surface area contributed by atoms with Gasteiger partial charge in [-0.3, -0.25) is 9.59 Å². The molecule has 0 radical (unpaired) electrons. The van der Waals surface area contributed by atoms with Gasteiger partial charge in [0.25, 0.3) is 11.5 Å². The van der Waals surface area contributed by atoms with E-state index in [2.05, 4.69) is 19.2 Å². The van der Waals surface area contributed by atoms with Crippen LogP contribution in [0.2, 0.25) is 0 Å². The number of carbonyl (C=O) groups excluding carboxylic acids is 1. The summed E-state index contributed by atoms with van der Waals surface area (Å²) in [6.45, 7) is 6.23. The highest BCUT2D eigenvalue weighted by Gasteiger charge is 2.29. The molecular formula is C13H19N3O2. The SMILES string of the molecule is Cn1c(C(=O)N2CCNC(C)(C)C2)cccc1=O. The van der Waals surface area contributed by atoms with Gasteiger partial charge in [0.2, 0.25) is 0 Å². The largest absolute Gasteiger partial charge is 0.334 e. The van der Waals surface area contributed by atoms with E-state index in [1.54, 1.807) is 24.1 Å². The molecule has 1 aliphatic rings. The summed E-state index contributed by atoms with van der Waals surface area (Å²) in [6.07, 6.45) is 0. The van der Waals surface area contributed by atoms with Crippen molar-refractivity contribution in [3.05, 3.63) is 34.2 Å². The Labute approximate surface area is 106 Å². The topological polar surface area (TPSA) is 54.3 Å². The van der Waals surface area contributed by atoms with Gasteiger partial charge in [0, 0.05) is 38.3 Å². The number of piperazine rings is 1. The maximum atomic E-state index is 12.4. The first kappa shape index (κ1) is 12.8. The van der Waals surface area contributed by atoms with Crippen molar-refractivity contribution >= 4 is 5.91 Å². The van der Waals surface area contributed by atoms with Gasteiger partial charge in [0.05, 0.1) is 0 Å². The van der Waals surface area contributed by atoms with Crippen LogP contribution in [0.1, 0.15) is 24.3 Å². The third-order valence-electron chi connectivity index (χ3n) is 3.26. The summed E-state index contributed by atoms with van der Waals surface area (Å²) >= 11 is 0. The van der Waals surface area contributed by atoms with Crippen LogP contribution in [0.25, 0.3) is 0 Å². The first-order chi connectivity index (χ1) is 8.41. The maximum absolute atomic E-state index is 12.4. The summed E-state index contributed by atoms with van der Waals surface area (Å²) in [6, 6.07) is 4.78. The van der Waals surface area contributed by atoms with Crippen molar-refractivity contribution in [1.29, 1.82) is 0 Å². The Bertz CT molecular complexity index is 519. The molecule has 1 aliphatic heterocycles. The van der Waals surface area contributed by atoms with Crippen LogP contribution in [-0.2, 0) is 7.05 Å². The molecule has 2 heterocycles. The van der Waals surface area contributed by atoms with Crippen molar-refractivity contribution in [2.45, 2.75) is 19.4 Å². The molecule has 0 aliphatic carbocycles. The minimum absolute atomic E-state index is 0.0789. The van der Waals surface area contributed by atoms with Crippen molar-refractivity contribution in [3.63, 3.8) is 0 Å². The normalized spacial score (nSPS) is 18.7. The molecule has 0 unspecified atom stereocenters. The van der Waals surface area contributed by atoms with Crippen LogP contribution in [0.15, 0.2) is 23.0 Å². The van der Waals surface area contributed by atoms with E-state index >= 15 is 0 Å². The number of nitrogens with zero attached hydrogens (tertiary/aromatic N) is 2. The average Bonchev–Trinajstić information content (AvgIpc) is 2.30. The van der Waals surface area contributed by atoms with Crippen molar-refractivity contribution in [1.82, 2.24) is 14.8 Å². The zero-order valence-corrected chi connectivity index (χ0v) is 11.1. The highest BCUT2D eigenvalue weighted by atomic mass is 16.2. The van der Waals surface area contributed by atoms with E-state index in [0.29, 0.717) is 18.8 Å². The van der Waals surface area contributed by atoms with E-state index in [1.165, 1.54) is 10.6 Å². The summed E-state index contributed by atoms with van der Waals surface area (Å²) in [4.78, 5) is 25.7. The lowest BCUT2D eigenvalue weighted by Gasteiger charge is -2.39. The first-order valence-electron chi connectivity index (χ1n) is 6.11. The van der Waals surface area contributed by atoms with E-state index in [0.717, 1.165) is 6.54 Å². The molecule has 18 heavy (non-hydrogen) atoms. The van der Waals surface area contributed by atoms with Gasteiger partial charge in [0.15, 0.2) is 0 Å².